The summed E-state index contributed by atoms with van der Waals surface area (Å²) in [6.45, 7) is 5.20. The lowest BCUT2D eigenvalue weighted by atomic mass is 9.98. The summed E-state index contributed by atoms with van der Waals surface area (Å²) >= 11 is 0. The van der Waals surface area contributed by atoms with Crippen LogP contribution in [0.25, 0.3) is 0 Å². The minimum Gasteiger partial charge on any atom is -0.370 e. The monoisotopic (exact) mass is 244 g/mol. The van der Waals surface area contributed by atoms with Crippen molar-refractivity contribution >= 4 is 5.82 Å². The summed E-state index contributed by atoms with van der Waals surface area (Å²) in [6.07, 6.45) is 2.54. The van der Waals surface area contributed by atoms with E-state index in [1.165, 1.54) is 19.4 Å². The summed E-state index contributed by atoms with van der Waals surface area (Å²) in [4.78, 5) is 6.78. The highest BCUT2D eigenvalue weighted by Gasteiger charge is 2.16. The number of aryl methyl sites for hydroxylation is 1. The number of nitriles is 1. The molecule has 18 heavy (non-hydrogen) atoms. The fraction of sp³-hybridized carbons (Fsp3) is 0.571. The number of piperidine rings is 1. The molecule has 1 saturated heterocycles. The number of aromatic nitrogens is 1. The summed E-state index contributed by atoms with van der Waals surface area (Å²) in [5.41, 5.74) is 1.56. The molecule has 4 nitrogen and oxygen atoms in total. The fourth-order valence-electron chi connectivity index (χ4n) is 2.51. The zero-order valence-corrected chi connectivity index (χ0v) is 11.1. The second-order valence-corrected chi connectivity index (χ2v) is 5.15. The van der Waals surface area contributed by atoms with Gasteiger partial charge in [-0.2, -0.15) is 5.26 Å². The molecule has 0 saturated carbocycles. The van der Waals surface area contributed by atoms with E-state index in [1.54, 1.807) is 6.07 Å². The van der Waals surface area contributed by atoms with Crippen LogP contribution < -0.4 is 5.32 Å². The van der Waals surface area contributed by atoms with Crippen molar-refractivity contribution in [2.24, 2.45) is 5.92 Å². The predicted molar refractivity (Wildman–Crippen MR) is 72.4 cm³/mol. The van der Waals surface area contributed by atoms with E-state index in [0.717, 1.165) is 24.6 Å². The molecule has 1 aromatic heterocycles. The molecule has 0 spiro atoms. The predicted octanol–water partition coefficient (Wildman–Crippen LogP) is 2.02. The van der Waals surface area contributed by atoms with Crippen molar-refractivity contribution in [3.8, 4) is 6.07 Å². The van der Waals surface area contributed by atoms with E-state index in [0.29, 0.717) is 11.5 Å². The molecular weight excluding hydrogens is 224 g/mol. The zero-order chi connectivity index (χ0) is 13.0. The first-order valence-electron chi connectivity index (χ1n) is 6.48. The second-order valence-electron chi connectivity index (χ2n) is 5.15. The fourth-order valence-corrected chi connectivity index (χ4v) is 2.51. The van der Waals surface area contributed by atoms with Crippen molar-refractivity contribution in [3.05, 3.63) is 23.4 Å². The molecule has 4 heteroatoms. The second kappa shape index (κ2) is 5.83. The molecule has 0 aromatic carbocycles. The van der Waals surface area contributed by atoms with Crippen molar-refractivity contribution < 1.29 is 0 Å². The average Bonchev–Trinajstić information content (AvgIpc) is 2.36. The Kier molecular flexibility index (Phi) is 4.16. The van der Waals surface area contributed by atoms with Crippen molar-refractivity contribution in [3.63, 3.8) is 0 Å². The Morgan fingerprint density at radius 2 is 2.39 bits per heavy atom. The lowest BCUT2D eigenvalue weighted by Gasteiger charge is -2.29. The maximum Gasteiger partial charge on any atom is 0.127 e. The Labute approximate surface area is 109 Å². The van der Waals surface area contributed by atoms with Crippen LogP contribution in [0.2, 0.25) is 0 Å². The largest absolute Gasteiger partial charge is 0.370 e. The Balaban J connectivity index is 1.93. The van der Waals surface area contributed by atoms with Gasteiger partial charge in [-0.3, -0.25) is 0 Å². The van der Waals surface area contributed by atoms with Gasteiger partial charge in [0.1, 0.15) is 5.82 Å². The molecule has 1 unspecified atom stereocenters. The molecule has 0 aliphatic carbocycles. The molecule has 2 heterocycles. The van der Waals surface area contributed by atoms with E-state index in [2.05, 4.69) is 28.3 Å². The molecule has 2 rings (SSSR count). The molecule has 1 aliphatic rings. The van der Waals surface area contributed by atoms with Gasteiger partial charge in [0, 0.05) is 18.8 Å². The van der Waals surface area contributed by atoms with Gasteiger partial charge >= 0.3 is 0 Å². The van der Waals surface area contributed by atoms with Crippen LogP contribution in [0.4, 0.5) is 5.82 Å². The standard InChI is InChI=1S/C14H20N4/c1-11-6-13(8-15)7-14(17-11)16-9-12-4-3-5-18(2)10-12/h6-7,12H,3-5,9-10H2,1-2H3,(H,16,17). The van der Waals surface area contributed by atoms with E-state index in [-0.39, 0.29) is 0 Å². The van der Waals surface area contributed by atoms with Gasteiger partial charge in [0.15, 0.2) is 0 Å². The lowest BCUT2D eigenvalue weighted by molar-refractivity contribution is 0.217. The van der Waals surface area contributed by atoms with E-state index < -0.39 is 0 Å². The van der Waals surface area contributed by atoms with Crippen LogP contribution in [0.5, 0.6) is 0 Å². The number of nitrogens with one attached hydrogen (secondary N) is 1. The van der Waals surface area contributed by atoms with E-state index in [9.17, 15) is 0 Å². The summed E-state index contributed by atoms with van der Waals surface area (Å²) in [5, 5.41) is 12.3. The minimum atomic E-state index is 0.672. The van der Waals surface area contributed by atoms with Gasteiger partial charge in [-0.15, -0.1) is 0 Å². The number of hydrogen-bond donors (Lipinski definition) is 1. The van der Waals surface area contributed by atoms with Crippen molar-refractivity contribution in [1.82, 2.24) is 9.88 Å². The SMILES string of the molecule is Cc1cc(C#N)cc(NCC2CCCN(C)C2)n1. The first-order valence-corrected chi connectivity index (χ1v) is 6.48. The number of hydrogen-bond acceptors (Lipinski definition) is 4. The van der Waals surface area contributed by atoms with Crippen LogP contribution >= 0.6 is 0 Å². The number of pyridine rings is 1. The molecular formula is C14H20N4. The molecule has 1 aromatic rings. The van der Waals surface area contributed by atoms with Crippen LogP contribution in [0, 0.1) is 24.2 Å². The van der Waals surface area contributed by atoms with Crippen LogP contribution in [0.1, 0.15) is 24.1 Å². The maximum atomic E-state index is 8.93. The summed E-state index contributed by atoms with van der Waals surface area (Å²) in [6, 6.07) is 5.79. The molecule has 1 N–H and O–H groups in total. The first-order chi connectivity index (χ1) is 8.67. The third-order valence-corrected chi connectivity index (χ3v) is 3.38. The summed E-state index contributed by atoms with van der Waals surface area (Å²) in [7, 11) is 2.17. The zero-order valence-electron chi connectivity index (χ0n) is 11.1. The summed E-state index contributed by atoms with van der Waals surface area (Å²) in [5.74, 6) is 1.50. The van der Waals surface area contributed by atoms with Gasteiger partial charge in [0.05, 0.1) is 11.6 Å². The third kappa shape index (κ3) is 3.44. The number of anilines is 1. The molecule has 0 amide bonds. The number of likely N-dealkylation sites (tertiary alicyclic amines) is 1. The van der Waals surface area contributed by atoms with E-state index in [4.69, 9.17) is 5.26 Å². The van der Waals surface area contributed by atoms with Gasteiger partial charge < -0.3 is 10.2 Å². The van der Waals surface area contributed by atoms with Crippen molar-refractivity contribution in [1.29, 1.82) is 5.26 Å². The highest BCUT2D eigenvalue weighted by Crippen LogP contribution is 2.16. The number of rotatable bonds is 3. The molecule has 1 aliphatic heterocycles. The highest BCUT2D eigenvalue weighted by molar-refractivity contribution is 5.44. The molecule has 1 fully saturated rings. The van der Waals surface area contributed by atoms with E-state index >= 15 is 0 Å². The quantitative estimate of drug-likeness (QED) is 0.883. The highest BCUT2D eigenvalue weighted by atomic mass is 15.1. The molecule has 0 radical (unpaired) electrons. The number of nitrogens with zero attached hydrogens (tertiary/aromatic N) is 3. The van der Waals surface area contributed by atoms with Crippen LogP contribution in [-0.2, 0) is 0 Å². The van der Waals surface area contributed by atoms with Crippen molar-refractivity contribution in [2.45, 2.75) is 19.8 Å². The molecule has 0 bridgehead atoms. The maximum absolute atomic E-state index is 8.93. The molecule has 1 atom stereocenters. The van der Waals surface area contributed by atoms with Gasteiger partial charge in [-0.1, -0.05) is 0 Å². The topological polar surface area (TPSA) is 52.0 Å². The Morgan fingerprint density at radius 1 is 1.56 bits per heavy atom. The Hall–Kier alpha value is -1.60. The van der Waals surface area contributed by atoms with Gasteiger partial charge in [0.2, 0.25) is 0 Å². The van der Waals surface area contributed by atoms with Gasteiger partial charge in [-0.05, 0) is 51.4 Å². The Morgan fingerprint density at radius 3 is 3.11 bits per heavy atom. The van der Waals surface area contributed by atoms with Crippen LogP contribution in [0.15, 0.2) is 12.1 Å². The van der Waals surface area contributed by atoms with Gasteiger partial charge in [-0.25, -0.2) is 4.98 Å². The smallest absolute Gasteiger partial charge is 0.127 e. The first kappa shape index (κ1) is 12.8. The minimum absolute atomic E-state index is 0.672. The van der Waals surface area contributed by atoms with Crippen LogP contribution in [0.3, 0.4) is 0 Å². The van der Waals surface area contributed by atoms with Crippen LogP contribution in [-0.4, -0.2) is 36.6 Å². The normalized spacial score (nSPS) is 20.4. The van der Waals surface area contributed by atoms with Gasteiger partial charge in [0.25, 0.3) is 0 Å². The van der Waals surface area contributed by atoms with E-state index in [1.807, 2.05) is 13.0 Å². The third-order valence-electron chi connectivity index (χ3n) is 3.38. The Bertz CT molecular complexity index is 450. The molecule has 96 valence electrons. The summed E-state index contributed by atoms with van der Waals surface area (Å²) < 4.78 is 0. The lowest BCUT2D eigenvalue weighted by Crippen LogP contribution is -2.35. The van der Waals surface area contributed by atoms with Crippen molar-refractivity contribution in [2.75, 3.05) is 32.0 Å². The average molecular weight is 244 g/mol.